The fourth-order valence-electron chi connectivity index (χ4n) is 5.15. The first-order valence-electron chi connectivity index (χ1n) is 14.7. The van der Waals surface area contributed by atoms with Crippen molar-refractivity contribution >= 4 is 18.0 Å². The molecule has 2 bridgehead atoms. The molecule has 3 heterocycles. The molecule has 42 heavy (non-hydrogen) atoms. The Morgan fingerprint density at radius 2 is 1.93 bits per heavy atom. The Labute approximate surface area is 249 Å². The summed E-state index contributed by atoms with van der Waals surface area (Å²) in [6.45, 7) is 11.2. The molecule has 0 amide bonds. The molecule has 8 nitrogen and oxygen atoms in total. The average Bonchev–Trinajstić information content (AvgIpc) is 3.34. The molecular formula is C34H45NO7. The highest BCUT2D eigenvalue weighted by Gasteiger charge is 2.32. The van der Waals surface area contributed by atoms with Gasteiger partial charge in [0.25, 0.3) is 0 Å². The smallest absolute Gasteiger partial charge is 0.330 e. The second kappa shape index (κ2) is 15.7. The maximum Gasteiger partial charge on any atom is 0.330 e. The molecule has 2 N–H and O–H groups in total. The lowest BCUT2D eigenvalue weighted by atomic mass is 9.86. The fourth-order valence-corrected chi connectivity index (χ4v) is 5.15. The summed E-state index contributed by atoms with van der Waals surface area (Å²) in [5.74, 6) is -0.577. The first-order chi connectivity index (χ1) is 19.9. The van der Waals surface area contributed by atoms with Gasteiger partial charge in [0, 0.05) is 37.7 Å². The zero-order valence-corrected chi connectivity index (χ0v) is 25.5. The molecule has 1 fully saturated rings. The second-order valence-corrected chi connectivity index (χ2v) is 11.6. The van der Waals surface area contributed by atoms with E-state index in [1.807, 2.05) is 77.2 Å². The van der Waals surface area contributed by atoms with Gasteiger partial charge < -0.3 is 24.1 Å². The number of aliphatic hydroxyl groups excluding tert-OH is 2. The van der Waals surface area contributed by atoms with Gasteiger partial charge in [-0.05, 0) is 62.3 Å². The standard InChI is InChI=1S/C34H45NO7/c1-21(16-28-20-40-26(6)35-28)10-7-13-24(4)34(39)25(5)31-19-29(36)22(2)11-8-12-23(3)30-17-27(18-33(38)41-30)14-9-15-32(37)42-31/h7-13,15-16,20,23,25,27,29-31,34,36,39H,14,17-19H2,1-6H3/b10-7+,12-8+,15-9+,21-16+,22-11+,24-13+/t23-,25-,27-,29+,30-,31+,34+/m1/s1. The number of rotatable bonds is 6. The lowest BCUT2D eigenvalue weighted by Crippen LogP contribution is -2.36. The first kappa shape index (κ1) is 33.0. The number of hydrogen-bond acceptors (Lipinski definition) is 8. The van der Waals surface area contributed by atoms with Gasteiger partial charge in [-0.25, -0.2) is 9.78 Å². The van der Waals surface area contributed by atoms with Crippen LogP contribution in [-0.2, 0) is 19.1 Å². The van der Waals surface area contributed by atoms with E-state index in [0.29, 0.717) is 36.3 Å². The molecular weight excluding hydrogens is 534 g/mol. The third-order valence-corrected chi connectivity index (χ3v) is 7.92. The minimum Gasteiger partial charge on any atom is -0.462 e. The normalized spacial score (nSPS) is 31.0. The average molecular weight is 580 g/mol. The lowest BCUT2D eigenvalue weighted by Gasteiger charge is -2.31. The van der Waals surface area contributed by atoms with E-state index in [4.69, 9.17) is 13.9 Å². The minimum absolute atomic E-state index is 0.0114. The summed E-state index contributed by atoms with van der Waals surface area (Å²) in [5, 5.41) is 22.1. The summed E-state index contributed by atoms with van der Waals surface area (Å²) in [6.07, 6.45) is 16.8. The van der Waals surface area contributed by atoms with Crippen molar-refractivity contribution < 1.29 is 33.7 Å². The number of carbonyl (C=O) groups excluding carboxylic acids is 2. The number of ether oxygens (including phenoxy) is 2. The zero-order valence-electron chi connectivity index (χ0n) is 25.5. The van der Waals surface area contributed by atoms with Crippen LogP contribution in [0, 0.1) is 24.7 Å². The number of allylic oxidation sites excluding steroid dienone is 7. The van der Waals surface area contributed by atoms with Crippen LogP contribution in [0.3, 0.4) is 0 Å². The van der Waals surface area contributed by atoms with Crippen LogP contribution in [0.15, 0.2) is 76.0 Å². The predicted molar refractivity (Wildman–Crippen MR) is 162 cm³/mol. The van der Waals surface area contributed by atoms with Gasteiger partial charge in [-0.1, -0.05) is 56.4 Å². The molecule has 2 aliphatic rings. The number of fused-ring (bicyclic) bond motifs is 2. The van der Waals surface area contributed by atoms with E-state index in [1.54, 1.807) is 19.3 Å². The van der Waals surface area contributed by atoms with Crippen molar-refractivity contribution in [3.8, 4) is 0 Å². The van der Waals surface area contributed by atoms with Crippen LogP contribution < -0.4 is 0 Å². The predicted octanol–water partition coefficient (Wildman–Crippen LogP) is 5.97. The third kappa shape index (κ3) is 10.1. The molecule has 228 valence electrons. The zero-order chi connectivity index (χ0) is 30.8. The number of esters is 2. The molecule has 0 saturated carbocycles. The minimum atomic E-state index is -0.910. The fraction of sp³-hybridized carbons (Fsp3) is 0.500. The van der Waals surface area contributed by atoms with Crippen molar-refractivity contribution in [2.45, 2.75) is 91.6 Å². The van der Waals surface area contributed by atoms with Gasteiger partial charge in [0.1, 0.15) is 24.2 Å². The van der Waals surface area contributed by atoms with Gasteiger partial charge in [-0.2, -0.15) is 0 Å². The quantitative estimate of drug-likeness (QED) is 0.313. The highest BCUT2D eigenvalue weighted by atomic mass is 16.5. The number of cyclic esters (lactones) is 1. The maximum atomic E-state index is 12.8. The highest BCUT2D eigenvalue weighted by molar-refractivity contribution is 5.82. The second-order valence-electron chi connectivity index (χ2n) is 11.6. The van der Waals surface area contributed by atoms with Crippen molar-refractivity contribution in [2.24, 2.45) is 17.8 Å². The first-order valence-corrected chi connectivity index (χ1v) is 14.7. The monoisotopic (exact) mass is 579 g/mol. The summed E-state index contributed by atoms with van der Waals surface area (Å²) in [7, 11) is 0. The third-order valence-electron chi connectivity index (χ3n) is 7.92. The Balaban J connectivity index is 1.76. The van der Waals surface area contributed by atoms with Crippen LogP contribution in [-0.4, -0.2) is 51.6 Å². The van der Waals surface area contributed by atoms with E-state index in [1.165, 1.54) is 6.08 Å². The molecule has 0 aliphatic carbocycles. The van der Waals surface area contributed by atoms with Crippen molar-refractivity contribution in [3.05, 3.63) is 83.2 Å². The SMILES string of the molecule is CC(/C=C/C=C(\C)[C@H](O)[C@H](C)[C@@H]1C[C@H](O)/C(C)=C/C=C/[C@@H](C)[C@H]2C[C@@H](C/C=C/C(=O)O1)CC(=O)O2)=C\c1coc(C)n1. The molecule has 0 radical (unpaired) electrons. The number of oxazole rings is 1. The largest absolute Gasteiger partial charge is 0.462 e. The van der Waals surface area contributed by atoms with Crippen LogP contribution >= 0.6 is 0 Å². The number of aryl methyl sites for hydroxylation is 1. The number of carbonyl (C=O) groups is 2. The summed E-state index contributed by atoms with van der Waals surface area (Å²) in [6, 6.07) is 0. The van der Waals surface area contributed by atoms with E-state index in [0.717, 1.165) is 11.3 Å². The van der Waals surface area contributed by atoms with E-state index < -0.39 is 30.2 Å². The van der Waals surface area contributed by atoms with Crippen LogP contribution in [0.25, 0.3) is 6.08 Å². The van der Waals surface area contributed by atoms with E-state index in [2.05, 4.69) is 4.98 Å². The molecule has 1 aromatic heterocycles. The number of nitrogens with zero attached hydrogens (tertiary/aromatic N) is 1. The Kier molecular flexibility index (Phi) is 12.3. The molecule has 1 saturated heterocycles. The Morgan fingerprint density at radius 1 is 1.17 bits per heavy atom. The van der Waals surface area contributed by atoms with Crippen LogP contribution in [0.2, 0.25) is 0 Å². The molecule has 0 unspecified atom stereocenters. The van der Waals surface area contributed by atoms with Crippen molar-refractivity contribution in [3.63, 3.8) is 0 Å². The summed E-state index contributed by atoms with van der Waals surface area (Å²) in [4.78, 5) is 29.3. The van der Waals surface area contributed by atoms with Crippen LogP contribution in [0.5, 0.6) is 0 Å². The van der Waals surface area contributed by atoms with Crippen molar-refractivity contribution in [2.75, 3.05) is 0 Å². The van der Waals surface area contributed by atoms with Crippen molar-refractivity contribution in [1.82, 2.24) is 4.98 Å². The lowest BCUT2D eigenvalue weighted by molar-refractivity contribution is -0.158. The number of hydrogen-bond donors (Lipinski definition) is 2. The maximum absolute atomic E-state index is 12.8. The Hall–Kier alpha value is -3.49. The van der Waals surface area contributed by atoms with Crippen LogP contribution in [0.4, 0.5) is 0 Å². The summed E-state index contributed by atoms with van der Waals surface area (Å²) >= 11 is 0. The highest BCUT2D eigenvalue weighted by Crippen LogP contribution is 2.30. The molecule has 0 aromatic carbocycles. The molecule has 3 rings (SSSR count). The summed E-state index contributed by atoms with van der Waals surface area (Å²) < 4.78 is 16.6. The molecule has 0 spiro atoms. The molecule has 2 aliphatic heterocycles. The van der Waals surface area contributed by atoms with Gasteiger partial charge in [0.2, 0.25) is 0 Å². The Morgan fingerprint density at radius 3 is 2.64 bits per heavy atom. The van der Waals surface area contributed by atoms with E-state index in [9.17, 15) is 19.8 Å². The van der Waals surface area contributed by atoms with Gasteiger partial charge >= 0.3 is 11.9 Å². The molecule has 1 aromatic rings. The van der Waals surface area contributed by atoms with Gasteiger partial charge in [-0.3, -0.25) is 4.79 Å². The van der Waals surface area contributed by atoms with E-state index >= 15 is 0 Å². The summed E-state index contributed by atoms with van der Waals surface area (Å²) in [5.41, 5.74) is 3.09. The van der Waals surface area contributed by atoms with Crippen molar-refractivity contribution in [1.29, 1.82) is 0 Å². The van der Waals surface area contributed by atoms with Gasteiger partial charge in [0.05, 0.1) is 12.2 Å². The van der Waals surface area contributed by atoms with E-state index in [-0.39, 0.29) is 30.3 Å². The molecule has 8 heteroatoms. The topological polar surface area (TPSA) is 119 Å². The van der Waals surface area contributed by atoms with Crippen LogP contribution in [0.1, 0.15) is 71.9 Å². The van der Waals surface area contributed by atoms with Gasteiger partial charge in [-0.15, -0.1) is 0 Å². The Bertz CT molecular complexity index is 1260. The van der Waals surface area contributed by atoms with Gasteiger partial charge in [0.15, 0.2) is 5.89 Å². The number of aliphatic hydroxyl groups is 2. The number of aromatic nitrogens is 1. The molecule has 7 atom stereocenters.